The first-order valence-electron chi connectivity index (χ1n) is 9.05. The Morgan fingerprint density at radius 3 is 2.60 bits per heavy atom. The van der Waals surface area contributed by atoms with Crippen LogP contribution in [-0.4, -0.2) is 30.3 Å². The summed E-state index contributed by atoms with van der Waals surface area (Å²) in [6, 6.07) is 10.9. The summed E-state index contributed by atoms with van der Waals surface area (Å²) >= 11 is 1.50. The smallest absolute Gasteiger partial charge is 0.400 e. The van der Waals surface area contributed by atoms with Gasteiger partial charge in [-0.2, -0.15) is 13.2 Å². The van der Waals surface area contributed by atoms with Crippen LogP contribution in [0.25, 0.3) is 20.5 Å². The second kappa shape index (κ2) is 8.47. The van der Waals surface area contributed by atoms with E-state index < -0.39 is 30.8 Å². The molecule has 0 saturated carbocycles. The Labute approximate surface area is 176 Å². The Bertz CT molecular complexity index is 1060. The van der Waals surface area contributed by atoms with Gasteiger partial charge < -0.3 is 9.47 Å². The van der Waals surface area contributed by atoms with Gasteiger partial charge in [-0.15, -0.1) is 11.3 Å². The monoisotopic (exact) mass is 435 g/mol. The van der Waals surface area contributed by atoms with Gasteiger partial charge in [0.25, 0.3) is 0 Å². The molecule has 0 bridgehead atoms. The van der Waals surface area contributed by atoms with Crippen LogP contribution in [0, 0.1) is 5.41 Å². The molecule has 0 aliphatic heterocycles. The van der Waals surface area contributed by atoms with E-state index in [9.17, 15) is 18.0 Å². The number of nitrogens with zero attached hydrogens (tertiary/aromatic N) is 1. The Balaban J connectivity index is 1.76. The molecule has 2 heterocycles. The highest BCUT2D eigenvalue weighted by Gasteiger charge is 2.53. The van der Waals surface area contributed by atoms with Crippen molar-refractivity contribution in [2.75, 3.05) is 13.2 Å². The standard InChI is InChI=1S/C22H20F3NO3S/c1-14(2)20(27)29-13-21(3,22(23,24)25)12-28-17-7-6-15-9-18(30-19(15)10-17)16-5-4-8-26-11-16/h4-11H,1,12-13H2,2-3H3. The van der Waals surface area contributed by atoms with Crippen molar-refractivity contribution in [3.8, 4) is 16.2 Å². The molecule has 2 aromatic heterocycles. The van der Waals surface area contributed by atoms with Crippen LogP contribution in [0.3, 0.4) is 0 Å². The molecule has 0 radical (unpaired) electrons. The average molecular weight is 435 g/mol. The lowest BCUT2D eigenvalue weighted by atomic mass is 9.92. The van der Waals surface area contributed by atoms with Crippen LogP contribution < -0.4 is 4.74 Å². The highest BCUT2D eigenvalue weighted by molar-refractivity contribution is 7.22. The molecule has 3 aromatic rings. The third kappa shape index (κ3) is 4.81. The molecule has 1 atom stereocenters. The fraction of sp³-hybridized carbons (Fsp3) is 0.273. The number of halogens is 3. The molecule has 3 rings (SSSR count). The van der Waals surface area contributed by atoms with Crippen LogP contribution in [0.2, 0.25) is 0 Å². The molecule has 8 heteroatoms. The van der Waals surface area contributed by atoms with Crippen LogP contribution in [0.1, 0.15) is 13.8 Å². The summed E-state index contributed by atoms with van der Waals surface area (Å²) in [5.41, 5.74) is -1.36. The number of hydrogen-bond acceptors (Lipinski definition) is 5. The minimum absolute atomic E-state index is 0.0352. The lowest BCUT2D eigenvalue weighted by molar-refractivity contribution is -0.240. The predicted octanol–water partition coefficient (Wildman–Crippen LogP) is 6.03. The normalized spacial score (nSPS) is 13.6. The van der Waals surface area contributed by atoms with Crippen molar-refractivity contribution in [1.29, 1.82) is 0 Å². The molecule has 30 heavy (non-hydrogen) atoms. The van der Waals surface area contributed by atoms with Crippen LogP contribution in [-0.2, 0) is 9.53 Å². The Hall–Kier alpha value is -2.87. The van der Waals surface area contributed by atoms with Crippen molar-refractivity contribution in [3.63, 3.8) is 0 Å². The summed E-state index contributed by atoms with van der Waals surface area (Å²) in [4.78, 5) is 16.6. The van der Waals surface area contributed by atoms with Gasteiger partial charge in [0.05, 0.1) is 0 Å². The van der Waals surface area contributed by atoms with Crippen molar-refractivity contribution in [2.24, 2.45) is 5.41 Å². The Morgan fingerprint density at radius 2 is 1.97 bits per heavy atom. The van der Waals surface area contributed by atoms with E-state index >= 15 is 0 Å². The highest BCUT2D eigenvalue weighted by Crippen LogP contribution is 2.40. The SMILES string of the molecule is C=C(C)C(=O)OCC(C)(COc1ccc2cc(-c3cccnc3)sc2c1)C(F)(F)F. The number of esters is 1. The van der Waals surface area contributed by atoms with Gasteiger partial charge >= 0.3 is 12.1 Å². The van der Waals surface area contributed by atoms with Gasteiger partial charge in [-0.25, -0.2) is 4.79 Å². The lowest BCUT2D eigenvalue weighted by Gasteiger charge is -2.31. The zero-order valence-corrected chi connectivity index (χ0v) is 17.3. The number of pyridine rings is 1. The van der Waals surface area contributed by atoms with E-state index in [1.165, 1.54) is 18.3 Å². The second-order valence-corrected chi connectivity index (χ2v) is 8.34. The van der Waals surface area contributed by atoms with Gasteiger partial charge in [-0.05, 0) is 49.6 Å². The average Bonchev–Trinajstić information content (AvgIpc) is 3.13. The van der Waals surface area contributed by atoms with E-state index in [0.29, 0.717) is 5.75 Å². The van der Waals surface area contributed by atoms with Gasteiger partial charge in [0.2, 0.25) is 0 Å². The summed E-state index contributed by atoms with van der Waals surface area (Å²) in [6.07, 6.45) is -1.18. The zero-order chi connectivity index (χ0) is 21.9. The number of rotatable bonds is 7. The fourth-order valence-corrected chi connectivity index (χ4v) is 3.63. The number of benzene rings is 1. The molecule has 1 aromatic carbocycles. The molecule has 0 aliphatic carbocycles. The maximum absolute atomic E-state index is 13.6. The third-order valence-corrected chi connectivity index (χ3v) is 5.70. The largest absolute Gasteiger partial charge is 0.492 e. The van der Waals surface area contributed by atoms with Crippen molar-refractivity contribution in [2.45, 2.75) is 20.0 Å². The molecule has 4 nitrogen and oxygen atoms in total. The van der Waals surface area contributed by atoms with Crippen molar-refractivity contribution < 1.29 is 27.4 Å². The summed E-state index contributed by atoms with van der Waals surface area (Å²) in [5, 5.41) is 0.958. The van der Waals surface area contributed by atoms with Gasteiger partial charge in [0, 0.05) is 33.1 Å². The number of carbonyl (C=O) groups excluding carboxylic acids is 1. The topological polar surface area (TPSA) is 48.4 Å². The first-order valence-corrected chi connectivity index (χ1v) is 9.87. The Kier molecular flexibility index (Phi) is 6.17. The van der Waals surface area contributed by atoms with Gasteiger partial charge in [0.1, 0.15) is 24.4 Å². The van der Waals surface area contributed by atoms with Crippen molar-refractivity contribution in [1.82, 2.24) is 4.98 Å². The van der Waals surface area contributed by atoms with Gasteiger partial charge in [-0.3, -0.25) is 4.98 Å². The van der Waals surface area contributed by atoms with Gasteiger partial charge in [-0.1, -0.05) is 12.6 Å². The van der Waals surface area contributed by atoms with E-state index in [1.807, 2.05) is 18.2 Å². The number of thiophene rings is 1. The van der Waals surface area contributed by atoms with E-state index in [1.54, 1.807) is 30.6 Å². The molecule has 1 unspecified atom stereocenters. The van der Waals surface area contributed by atoms with E-state index in [-0.39, 0.29) is 5.57 Å². The van der Waals surface area contributed by atoms with Crippen molar-refractivity contribution in [3.05, 3.63) is 60.9 Å². The van der Waals surface area contributed by atoms with Crippen LogP contribution in [0.5, 0.6) is 5.75 Å². The molecule has 0 saturated heterocycles. The van der Waals surface area contributed by atoms with E-state index in [2.05, 4.69) is 11.6 Å². The zero-order valence-electron chi connectivity index (χ0n) is 16.5. The molecular formula is C22H20F3NO3S. The number of ether oxygens (including phenoxy) is 2. The number of aromatic nitrogens is 1. The second-order valence-electron chi connectivity index (χ2n) is 7.26. The first-order chi connectivity index (χ1) is 14.1. The maximum Gasteiger partial charge on any atom is 0.400 e. The van der Waals surface area contributed by atoms with E-state index in [4.69, 9.17) is 9.47 Å². The minimum atomic E-state index is -4.62. The molecule has 158 valence electrons. The van der Waals surface area contributed by atoms with Gasteiger partial charge in [0.15, 0.2) is 0 Å². The molecule has 0 spiro atoms. The fourth-order valence-electron chi connectivity index (χ4n) is 2.55. The summed E-state index contributed by atoms with van der Waals surface area (Å²) in [7, 11) is 0. The minimum Gasteiger partial charge on any atom is -0.492 e. The summed E-state index contributed by atoms with van der Waals surface area (Å²) < 4.78 is 51.9. The third-order valence-electron chi connectivity index (χ3n) is 4.55. The first kappa shape index (κ1) is 21.8. The van der Waals surface area contributed by atoms with Crippen molar-refractivity contribution >= 4 is 27.4 Å². The molecule has 0 aliphatic rings. The maximum atomic E-state index is 13.6. The lowest BCUT2D eigenvalue weighted by Crippen LogP contribution is -2.44. The number of fused-ring (bicyclic) bond motifs is 1. The molecule has 0 fully saturated rings. The number of carbonyl (C=O) groups is 1. The molecular weight excluding hydrogens is 415 g/mol. The van der Waals surface area contributed by atoms with Crippen LogP contribution >= 0.6 is 11.3 Å². The highest BCUT2D eigenvalue weighted by atomic mass is 32.1. The van der Waals surface area contributed by atoms with Crippen LogP contribution in [0.15, 0.2) is 60.9 Å². The summed E-state index contributed by atoms with van der Waals surface area (Å²) in [6.45, 7) is 4.17. The quantitative estimate of drug-likeness (QED) is 0.336. The molecule has 0 N–H and O–H groups in total. The molecule has 0 amide bonds. The summed E-state index contributed by atoms with van der Waals surface area (Å²) in [5.74, 6) is -0.558. The van der Waals surface area contributed by atoms with E-state index in [0.717, 1.165) is 27.5 Å². The van der Waals surface area contributed by atoms with Crippen LogP contribution in [0.4, 0.5) is 13.2 Å². The predicted molar refractivity (Wildman–Crippen MR) is 110 cm³/mol. The number of hydrogen-bond donors (Lipinski definition) is 0. The number of alkyl halides is 3. The Morgan fingerprint density at radius 1 is 1.20 bits per heavy atom.